The number of anilines is 3. The van der Waals surface area contributed by atoms with Gasteiger partial charge in [-0.1, -0.05) is 67.9 Å². The number of hydrogen-bond acceptors (Lipinski definition) is 6. The van der Waals surface area contributed by atoms with Crippen LogP contribution in [0.2, 0.25) is 5.02 Å². The predicted octanol–water partition coefficient (Wildman–Crippen LogP) is 6.39. The first kappa shape index (κ1) is 25.4. The third-order valence-electron chi connectivity index (χ3n) is 4.07. The second-order valence-electron chi connectivity index (χ2n) is 7.75. The van der Waals surface area contributed by atoms with Crippen LogP contribution >= 0.6 is 30.5 Å². The topological polar surface area (TPSA) is 79.3 Å². The Balaban J connectivity index is 2.30. The average molecular weight is 480 g/mol. The minimum absolute atomic E-state index is 0.349. The van der Waals surface area contributed by atoms with Crippen LogP contribution in [0.4, 0.5) is 17.5 Å². The van der Waals surface area contributed by atoms with Crippen molar-refractivity contribution in [2.45, 2.75) is 39.4 Å². The van der Waals surface area contributed by atoms with Crippen LogP contribution in [0.3, 0.4) is 0 Å². The van der Waals surface area contributed by atoms with Crippen LogP contribution < -0.4 is 15.9 Å². The number of para-hydroxylation sites is 1. The highest BCUT2D eigenvalue weighted by Gasteiger charge is 2.17. The van der Waals surface area contributed by atoms with Crippen molar-refractivity contribution in [1.82, 2.24) is 9.97 Å². The molecule has 0 unspecified atom stereocenters. The maximum absolute atomic E-state index is 12.7. The summed E-state index contributed by atoms with van der Waals surface area (Å²) in [5.41, 5.74) is 1.93. The Morgan fingerprint density at radius 3 is 2.68 bits per heavy atom. The van der Waals surface area contributed by atoms with E-state index in [0.717, 1.165) is 16.9 Å². The molecule has 168 valence electrons. The fourth-order valence-corrected chi connectivity index (χ4v) is 4.76. The second-order valence-corrected chi connectivity index (χ2v) is 12.9. The first-order valence-electron chi connectivity index (χ1n) is 10.2. The maximum atomic E-state index is 12.7. The lowest BCUT2D eigenvalue weighted by Crippen LogP contribution is -2.15. The molecule has 2 N–H and O–H groups in total. The summed E-state index contributed by atoms with van der Waals surface area (Å²) in [5, 5.41) is 8.65. The van der Waals surface area contributed by atoms with Gasteiger partial charge in [-0.2, -0.15) is 4.98 Å². The Kier molecular flexibility index (Phi) is 9.60. The minimum Gasteiger partial charge on any atom is -0.338 e. The van der Waals surface area contributed by atoms with E-state index >= 15 is 0 Å². The molecular weight excluding hydrogens is 449 g/mol. The summed E-state index contributed by atoms with van der Waals surface area (Å²) in [6.07, 6.45) is 4.69. The van der Waals surface area contributed by atoms with Gasteiger partial charge in [0.25, 0.3) is 0 Å². The third kappa shape index (κ3) is 8.32. The average Bonchev–Trinajstić information content (AvgIpc) is 2.68. The molecule has 2 rings (SSSR count). The zero-order valence-corrected chi connectivity index (χ0v) is 21.4. The Morgan fingerprint density at radius 1 is 1.32 bits per heavy atom. The number of hydrogen-bond donors (Lipinski definition) is 2. The van der Waals surface area contributed by atoms with Gasteiger partial charge >= 0.3 is 0 Å². The Morgan fingerprint density at radius 2 is 2.03 bits per heavy atom. The van der Waals surface area contributed by atoms with E-state index < -0.39 is 7.14 Å². The maximum Gasteiger partial charge on any atom is 0.230 e. The van der Waals surface area contributed by atoms with E-state index in [0.29, 0.717) is 34.3 Å². The van der Waals surface area contributed by atoms with E-state index in [-0.39, 0.29) is 0 Å². The highest BCUT2D eigenvalue weighted by Crippen LogP contribution is 2.38. The number of halogens is 1. The van der Waals surface area contributed by atoms with Gasteiger partial charge in [-0.25, -0.2) is 4.98 Å². The highest BCUT2D eigenvalue weighted by atomic mass is 35.5. The van der Waals surface area contributed by atoms with Crippen LogP contribution in [0.5, 0.6) is 0 Å². The largest absolute Gasteiger partial charge is 0.338 e. The van der Waals surface area contributed by atoms with Crippen molar-refractivity contribution in [2.24, 2.45) is 4.99 Å². The number of thioether (sulfide) groups is 1. The molecule has 0 amide bonds. The molecule has 1 heterocycles. The molecule has 0 aliphatic rings. The molecule has 0 bridgehead atoms. The van der Waals surface area contributed by atoms with Gasteiger partial charge in [-0.05, 0) is 38.8 Å². The molecular formula is C22H31ClN5OPS. The SMILES string of the molecule is CC/C=C(/C)C/N=C(/Nc1ncc(Cl)c(Nc2ccccc2P(C)(C)=O)n1)SC(C)C. The molecule has 2 aromatic rings. The molecule has 0 saturated heterocycles. The zero-order valence-electron chi connectivity index (χ0n) is 18.9. The minimum atomic E-state index is -2.47. The van der Waals surface area contributed by atoms with Crippen LogP contribution in [0, 0.1) is 0 Å². The van der Waals surface area contributed by atoms with Crippen molar-refractivity contribution in [3.05, 3.63) is 47.1 Å². The fourth-order valence-electron chi connectivity index (χ4n) is 2.73. The summed E-state index contributed by atoms with van der Waals surface area (Å²) in [5.74, 6) is 0.834. The number of benzene rings is 1. The molecule has 0 aliphatic carbocycles. The van der Waals surface area contributed by atoms with E-state index in [1.54, 1.807) is 31.3 Å². The smallest absolute Gasteiger partial charge is 0.230 e. The summed E-state index contributed by atoms with van der Waals surface area (Å²) in [6, 6.07) is 7.47. The van der Waals surface area contributed by atoms with Gasteiger partial charge in [-0.15, -0.1) is 0 Å². The normalized spacial score (nSPS) is 12.9. The molecule has 1 aromatic heterocycles. The monoisotopic (exact) mass is 479 g/mol. The molecule has 0 aliphatic heterocycles. The van der Waals surface area contributed by atoms with Crippen LogP contribution in [-0.4, -0.2) is 40.3 Å². The van der Waals surface area contributed by atoms with E-state index in [1.807, 2.05) is 24.3 Å². The van der Waals surface area contributed by atoms with Crippen molar-refractivity contribution in [2.75, 3.05) is 30.5 Å². The Hall–Kier alpha value is -1.82. The summed E-state index contributed by atoms with van der Waals surface area (Å²) in [4.78, 5) is 13.5. The molecule has 0 spiro atoms. The molecule has 0 saturated carbocycles. The van der Waals surface area contributed by atoms with E-state index in [2.05, 4.69) is 54.4 Å². The zero-order chi connectivity index (χ0) is 23.0. The summed E-state index contributed by atoms with van der Waals surface area (Å²) in [7, 11) is -2.47. The van der Waals surface area contributed by atoms with Crippen LogP contribution in [0.15, 0.2) is 47.1 Å². The van der Waals surface area contributed by atoms with Gasteiger partial charge in [0.2, 0.25) is 5.95 Å². The fraction of sp³-hybridized carbons (Fsp3) is 0.409. The highest BCUT2D eigenvalue weighted by molar-refractivity contribution is 8.14. The molecule has 1 aromatic carbocycles. The molecule has 6 nitrogen and oxygen atoms in total. The number of amidine groups is 1. The third-order valence-corrected chi connectivity index (χ3v) is 6.82. The molecule has 31 heavy (non-hydrogen) atoms. The molecule has 0 fully saturated rings. The first-order valence-corrected chi connectivity index (χ1v) is 14.0. The summed E-state index contributed by atoms with van der Waals surface area (Å²) in [6.45, 7) is 12.5. The van der Waals surface area contributed by atoms with Crippen molar-refractivity contribution >= 4 is 58.4 Å². The summed E-state index contributed by atoms with van der Waals surface area (Å²) >= 11 is 7.96. The second kappa shape index (κ2) is 11.7. The standard InChI is InChI=1S/C22H31ClN5OPS/c1-7-10-16(4)13-25-22(31-15(2)3)28-21-24-14-17(23)20(27-21)26-18-11-8-9-12-19(18)30(5,6)29/h8-12,14-15H,7,13H2,1-6H3,(H2,24,25,26,27,28)/b16-10-. The van der Waals surface area contributed by atoms with Crippen molar-refractivity contribution in [3.8, 4) is 0 Å². The van der Waals surface area contributed by atoms with Gasteiger partial charge < -0.3 is 15.2 Å². The van der Waals surface area contributed by atoms with E-state index in [1.165, 1.54) is 5.57 Å². The van der Waals surface area contributed by atoms with Crippen LogP contribution in [-0.2, 0) is 4.57 Å². The molecule has 0 atom stereocenters. The van der Waals surface area contributed by atoms with Crippen LogP contribution in [0.1, 0.15) is 34.1 Å². The number of rotatable bonds is 8. The predicted molar refractivity (Wildman–Crippen MR) is 139 cm³/mol. The summed E-state index contributed by atoms with van der Waals surface area (Å²) < 4.78 is 12.7. The number of nitrogens with zero attached hydrogens (tertiary/aromatic N) is 3. The lowest BCUT2D eigenvalue weighted by Gasteiger charge is -2.16. The van der Waals surface area contributed by atoms with E-state index in [9.17, 15) is 4.57 Å². The quantitative estimate of drug-likeness (QED) is 0.198. The van der Waals surface area contributed by atoms with E-state index in [4.69, 9.17) is 16.6 Å². The molecule has 9 heteroatoms. The van der Waals surface area contributed by atoms with Gasteiger partial charge in [0, 0.05) is 10.6 Å². The number of nitrogens with one attached hydrogen (secondary N) is 2. The van der Waals surface area contributed by atoms with Gasteiger partial charge in [0.1, 0.15) is 12.2 Å². The van der Waals surface area contributed by atoms with Crippen molar-refractivity contribution < 1.29 is 4.57 Å². The number of aromatic nitrogens is 2. The Bertz CT molecular complexity index is 1000. The number of aliphatic imine (C=N–C) groups is 1. The lowest BCUT2D eigenvalue weighted by atomic mass is 10.2. The van der Waals surface area contributed by atoms with Crippen molar-refractivity contribution in [3.63, 3.8) is 0 Å². The molecule has 0 radical (unpaired) electrons. The van der Waals surface area contributed by atoms with Crippen LogP contribution in [0.25, 0.3) is 0 Å². The lowest BCUT2D eigenvalue weighted by molar-refractivity contribution is 0.588. The number of allylic oxidation sites excluding steroid dienone is 1. The van der Waals surface area contributed by atoms with Gasteiger partial charge in [0.15, 0.2) is 11.0 Å². The van der Waals surface area contributed by atoms with Crippen molar-refractivity contribution in [1.29, 1.82) is 0 Å². The van der Waals surface area contributed by atoms with Gasteiger partial charge in [0.05, 0.1) is 18.4 Å². The Labute approximate surface area is 194 Å². The van der Waals surface area contributed by atoms with Gasteiger partial charge in [-0.3, -0.25) is 4.99 Å². The first-order chi connectivity index (χ1) is 14.6.